The monoisotopic (exact) mass is 464 g/mol. The van der Waals surface area contributed by atoms with Gasteiger partial charge in [-0.05, 0) is 30.4 Å². The number of carbonyl (C=O) groups is 4. The first-order valence-corrected chi connectivity index (χ1v) is 10.2. The average Bonchev–Trinajstić information content (AvgIpc) is 2.72. The number of amides is 1. The van der Waals surface area contributed by atoms with Crippen LogP contribution in [0.5, 0.6) is 0 Å². The lowest BCUT2D eigenvalue weighted by molar-refractivity contribution is -0.172. The predicted molar refractivity (Wildman–Crippen MR) is 120 cm³/mol. The van der Waals surface area contributed by atoms with Crippen molar-refractivity contribution in [3.8, 4) is 0 Å². The SMILES string of the molecule is CC(C)(C)C1CCCN(CC(=O)O)C1(C(=O)O)C(=O)CN.N=C(N)c1ccc(C(N)=O)cn1. The number of ketones is 1. The molecule has 9 N–H and O–H groups in total. The first-order valence-electron chi connectivity index (χ1n) is 10.2. The molecular formula is C21H32N6O6. The minimum absolute atomic E-state index is 0.133. The van der Waals surface area contributed by atoms with Crippen LogP contribution in [0.3, 0.4) is 0 Å². The number of aliphatic carboxylic acids is 2. The number of nitrogens with zero attached hydrogens (tertiary/aromatic N) is 2. The highest BCUT2D eigenvalue weighted by atomic mass is 16.4. The van der Waals surface area contributed by atoms with Crippen molar-refractivity contribution in [1.29, 1.82) is 5.41 Å². The number of amidine groups is 1. The number of nitrogens with two attached hydrogens (primary N) is 3. The van der Waals surface area contributed by atoms with E-state index in [1.807, 2.05) is 20.8 Å². The second-order valence-electron chi connectivity index (χ2n) is 8.79. The Morgan fingerprint density at radius 3 is 2.18 bits per heavy atom. The Morgan fingerprint density at radius 2 is 1.82 bits per heavy atom. The summed E-state index contributed by atoms with van der Waals surface area (Å²) in [6.07, 6.45) is 2.50. The molecule has 1 fully saturated rings. The third kappa shape index (κ3) is 6.33. The Balaban J connectivity index is 0.000000383. The summed E-state index contributed by atoms with van der Waals surface area (Å²) < 4.78 is 0. The molecule has 1 saturated heterocycles. The predicted octanol–water partition coefficient (Wildman–Crippen LogP) is -0.355. The van der Waals surface area contributed by atoms with E-state index >= 15 is 0 Å². The highest BCUT2D eigenvalue weighted by Crippen LogP contribution is 2.45. The van der Waals surface area contributed by atoms with E-state index in [4.69, 9.17) is 27.7 Å². The summed E-state index contributed by atoms with van der Waals surface area (Å²) in [5.41, 5.74) is 13.9. The molecule has 0 spiro atoms. The minimum Gasteiger partial charge on any atom is -0.480 e. The van der Waals surface area contributed by atoms with Crippen LogP contribution in [0.25, 0.3) is 0 Å². The lowest BCUT2D eigenvalue weighted by atomic mass is 9.62. The molecular weight excluding hydrogens is 432 g/mol. The molecule has 12 nitrogen and oxygen atoms in total. The van der Waals surface area contributed by atoms with Crippen molar-refractivity contribution in [2.45, 2.75) is 39.2 Å². The number of nitrogens with one attached hydrogen (secondary N) is 1. The number of Topliss-reactive ketones (excluding diaryl/α,β-unsaturated/α-hetero) is 1. The molecule has 2 rings (SSSR count). The number of hydrogen-bond acceptors (Lipinski definition) is 8. The molecule has 12 heteroatoms. The Kier molecular flexibility index (Phi) is 9.19. The molecule has 1 aliphatic rings. The number of hydrogen-bond donors (Lipinski definition) is 6. The Labute approximate surface area is 191 Å². The van der Waals surface area contributed by atoms with Crippen molar-refractivity contribution in [3.63, 3.8) is 0 Å². The summed E-state index contributed by atoms with van der Waals surface area (Å²) in [6, 6.07) is 2.95. The fourth-order valence-corrected chi connectivity index (χ4v) is 4.15. The summed E-state index contributed by atoms with van der Waals surface area (Å²) in [5.74, 6) is -4.26. The molecule has 0 aliphatic carbocycles. The lowest BCUT2D eigenvalue weighted by Crippen LogP contribution is -2.70. The maximum atomic E-state index is 12.4. The molecule has 2 unspecified atom stereocenters. The van der Waals surface area contributed by atoms with Crippen LogP contribution in [0.1, 0.15) is 49.7 Å². The van der Waals surface area contributed by atoms with Gasteiger partial charge in [0.2, 0.25) is 5.91 Å². The van der Waals surface area contributed by atoms with Gasteiger partial charge in [-0.15, -0.1) is 0 Å². The number of carbonyl (C=O) groups excluding carboxylic acids is 2. The molecule has 1 aromatic rings. The molecule has 0 saturated carbocycles. The van der Waals surface area contributed by atoms with Gasteiger partial charge >= 0.3 is 11.9 Å². The van der Waals surface area contributed by atoms with Crippen molar-refractivity contribution in [2.24, 2.45) is 28.5 Å². The van der Waals surface area contributed by atoms with E-state index < -0.39 is 53.6 Å². The molecule has 0 bridgehead atoms. The average molecular weight is 465 g/mol. The lowest BCUT2D eigenvalue weighted by Gasteiger charge is -2.51. The first kappa shape index (κ1) is 27.7. The standard InChI is InChI=1S/C14H24N2O5.C7H8N4O/c1-13(2,3)9-5-4-6-16(8-11(18)19)14(9,12(20)21)10(17)7-15;8-6(9)5-2-1-4(3-11-5)7(10)12/h9H,4-8,15H2,1-3H3,(H,18,19)(H,20,21);1-3H,(H3,8,9)(H2,10,12). The topological polar surface area (TPSA) is 227 Å². The van der Waals surface area contributed by atoms with Crippen LogP contribution >= 0.6 is 0 Å². The highest BCUT2D eigenvalue weighted by Gasteiger charge is 2.60. The van der Waals surface area contributed by atoms with Gasteiger partial charge in [0.25, 0.3) is 0 Å². The van der Waals surface area contributed by atoms with Crippen molar-refractivity contribution in [3.05, 3.63) is 29.6 Å². The van der Waals surface area contributed by atoms with Gasteiger partial charge in [-0.3, -0.25) is 29.7 Å². The number of piperidine rings is 1. The molecule has 1 aromatic heterocycles. The van der Waals surface area contributed by atoms with Crippen molar-refractivity contribution < 1.29 is 29.4 Å². The van der Waals surface area contributed by atoms with Crippen LogP contribution in [0, 0.1) is 16.7 Å². The van der Waals surface area contributed by atoms with E-state index in [0.717, 1.165) is 0 Å². The van der Waals surface area contributed by atoms with Crippen LogP contribution < -0.4 is 17.2 Å². The van der Waals surface area contributed by atoms with Crippen molar-refractivity contribution in [1.82, 2.24) is 9.88 Å². The van der Waals surface area contributed by atoms with Gasteiger partial charge in [-0.25, -0.2) is 4.79 Å². The van der Waals surface area contributed by atoms with Gasteiger partial charge in [-0.2, -0.15) is 0 Å². The van der Waals surface area contributed by atoms with E-state index in [0.29, 0.717) is 24.1 Å². The smallest absolute Gasteiger partial charge is 0.332 e. The van der Waals surface area contributed by atoms with E-state index in [-0.39, 0.29) is 12.4 Å². The van der Waals surface area contributed by atoms with Gasteiger partial charge in [0.1, 0.15) is 11.5 Å². The quantitative estimate of drug-likeness (QED) is 0.174. The van der Waals surface area contributed by atoms with Gasteiger partial charge in [0.15, 0.2) is 11.3 Å². The number of rotatable bonds is 7. The second-order valence-corrected chi connectivity index (χ2v) is 8.79. The maximum absolute atomic E-state index is 12.4. The number of carboxylic acids is 2. The zero-order valence-electron chi connectivity index (χ0n) is 19.0. The maximum Gasteiger partial charge on any atom is 0.332 e. The van der Waals surface area contributed by atoms with Gasteiger partial charge < -0.3 is 27.4 Å². The fourth-order valence-electron chi connectivity index (χ4n) is 4.15. The zero-order chi connectivity index (χ0) is 25.6. The summed E-state index contributed by atoms with van der Waals surface area (Å²) in [5, 5.41) is 25.9. The molecule has 1 aliphatic heterocycles. The van der Waals surface area contributed by atoms with Crippen LogP contribution in [-0.2, 0) is 14.4 Å². The highest BCUT2D eigenvalue weighted by molar-refractivity contribution is 6.09. The third-order valence-electron chi connectivity index (χ3n) is 5.56. The number of likely N-dealkylation sites (tertiary alicyclic amines) is 1. The van der Waals surface area contributed by atoms with Crippen LogP contribution in [0.2, 0.25) is 0 Å². The summed E-state index contributed by atoms with van der Waals surface area (Å²) in [6.45, 7) is 4.95. The number of primary amides is 1. The van der Waals surface area contributed by atoms with Gasteiger partial charge in [0.05, 0.1) is 18.7 Å². The molecule has 33 heavy (non-hydrogen) atoms. The number of pyridine rings is 1. The number of aromatic nitrogens is 1. The molecule has 182 valence electrons. The van der Waals surface area contributed by atoms with E-state index in [9.17, 15) is 24.3 Å². The van der Waals surface area contributed by atoms with Crippen LogP contribution in [-0.4, -0.2) is 74.7 Å². The largest absolute Gasteiger partial charge is 0.480 e. The van der Waals surface area contributed by atoms with Crippen molar-refractivity contribution in [2.75, 3.05) is 19.6 Å². The fraction of sp³-hybridized carbons (Fsp3) is 0.524. The van der Waals surface area contributed by atoms with Gasteiger partial charge in [-0.1, -0.05) is 20.8 Å². The number of nitrogen functional groups attached to an aromatic ring is 1. The zero-order valence-corrected chi connectivity index (χ0v) is 19.0. The van der Waals surface area contributed by atoms with E-state index in [1.54, 1.807) is 0 Å². The molecule has 0 aromatic carbocycles. The van der Waals surface area contributed by atoms with Crippen LogP contribution in [0.15, 0.2) is 18.3 Å². The number of carboxylic acid groups (broad SMARTS) is 2. The summed E-state index contributed by atoms with van der Waals surface area (Å²) in [7, 11) is 0. The van der Waals surface area contributed by atoms with Crippen molar-refractivity contribution >= 4 is 29.5 Å². The van der Waals surface area contributed by atoms with Crippen LogP contribution in [0.4, 0.5) is 0 Å². The minimum atomic E-state index is -1.86. The normalized spacial score (nSPS) is 20.8. The molecule has 2 atom stereocenters. The van der Waals surface area contributed by atoms with Gasteiger partial charge in [0, 0.05) is 18.7 Å². The van der Waals surface area contributed by atoms with E-state index in [1.165, 1.54) is 23.2 Å². The summed E-state index contributed by atoms with van der Waals surface area (Å²) >= 11 is 0. The Morgan fingerprint density at radius 1 is 1.21 bits per heavy atom. The first-order chi connectivity index (χ1) is 15.2. The third-order valence-corrected chi connectivity index (χ3v) is 5.56. The Hall–Kier alpha value is -3.38. The molecule has 0 radical (unpaired) electrons. The molecule has 2 heterocycles. The Bertz CT molecular complexity index is 878. The summed E-state index contributed by atoms with van der Waals surface area (Å²) in [4.78, 5) is 51.1. The molecule has 1 amide bonds. The second kappa shape index (κ2) is 11.0. The van der Waals surface area contributed by atoms with E-state index in [2.05, 4.69) is 4.98 Å².